The molecule has 2 fully saturated rings. The summed E-state index contributed by atoms with van der Waals surface area (Å²) >= 11 is 0. The van der Waals surface area contributed by atoms with Crippen molar-refractivity contribution in [3.05, 3.63) is 0 Å². The van der Waals surface area contributed by atoms with Gasteiger partial charge in [-0.05, 0) is 48.9 Å². The Morgan fingerprint density at radius 2 is 1.36 bits per heavy atom. The van der Waals surface area contributed by atoms with E-state index >= 15 is 0 Å². The van der Waals surface area contributed by atoms with Crippen molar-refractivity contribution in [2.24, 2.45) is 27.9 Å². The molecule has 1 nitrogen and oxygen atoms in total. The van der Waals surface area contributed by atoms with E-state index in [-0.39, 0.29) is 5.54 Å². The highest BCUT2D eigenvalue weighted by Crippen LogP contribution is 2.81. The summed E-state index contributed by atoms with van der Waals surface area (Å²) in [7, 11) is 0. The average Bonchev–Trinajstić information content (AvgIpc) is 2.72. The van der Waals surface area contributed by atoms with Gasteiger partial charge in [0, 0.05) is 5.54 Å². The van der Waals surface area contributed by atoms with Gasteiger partial charge >= 0.3 is 0 Å². The van der Waals surface area contributed by atoms with Gasteiger partial charge in [-0.2, -0.15) is 0 Å². The van der Waals surface area contributed by atoms with Crippen molar-refractivity contribution in [3.63, 3.8) is 0 Å². The molecular formula is C13H25N. The fourth-order valence-corrected chi connectivity index (χ4v) is 4.02. The van der Waals surface area contributed by atoms with Gasteiger partial charge in [-0.3, -0.25) is 0 Å². The third-order valence-electron chi connectivity index (χ3n) is 5.65. The Hall–Kier alpha value is -0.0400. The molecule has 0 bridgehead atoms. The lowest BCUT2D eigenvalue weighted by atomic mass is 9.77. The summed E-state index contributed by atoms with van der Waals surface area (Å²) in [5, 5.41) is 0. The zero-order valence-electron chi connectivity index (χ0n) is 10.6. The van der Waals surface area contributed by atoms with Gasteiger partial charge in [0.05, 0.1) is 0 Å². The predicted octanol–water partition coefficient (Wildman–Crippen LogP) is 3.19. The van der Waals surface area contributed by atoms with Gasteiger partial charge in [0.15, 0.2) is 0 Å². The monoisotopic (exact) mass is 195 g/mol. The van der Waals surface area contributed by atoms with Crippen LogP contribution in [0.3, 0.4) is 0 Å². The molecule has 0 amide bonds. The van der Waals surface area contributed by atoms with Gasteiger partial charge < -0.3 is 5.73 Å². The van der Waals surface area contributed by atoms with Crippen LogP contribution in [-0.4, -0.2) is 5.54 Å². The quantitative estimate of drug-likeness (QED) is 0.719. The number of hydrogen-bond donors (Lipinski definition) is 1. The van der Waals surface area contributed by atoms with Crippen LogP contribution in [0.4, 0.5) is 0 Å². The van der Waals surface area contributed by atoms with Crippen molar-refractivity contribution in [2.75, 3.05) is 0 Å². The molecule has 0 heterocycles. The molecule has 0 radical (unpaired) electrons. The molecule has 0 unspecified atom stereocenters. The molecule has 1 heteroatoms. The molecule has 2 N–H and O–H groups in total. The molecular weight excluding hydrogens is 170 g/mol. The Morgan fingerprint density at radius 1 is 1.00 bits per heavy atom. The smallest absolute Gasteiger partial charge is 0.0157 e. The number of hydrogen-bond acceptors (Lipinski definition) is 1. The Kier molecular flexibility index (Phi) is 1.65. The second kappa shape index (κ2) is 2.21. The van der Waals surface area contributed by atoms with Gasteiger partial charge in [0.25, 0.3) is 0 Å². The van der Waals surface area contributed by atoms with Gasteiger partial charge in [-0.15, -0.1) is 0 Å². The first-order chi connectivity index (χ1) is 6.07. The lowest BCUT2D eigenvalue weighted by Gasteiger charge is -2.33. The second-order valence-electron chi connectivity index (χ2n) is 7.25. The average molecular weight is 195 g/mol. The van der Waals surface area contributed by atoms with E-state index in [9.17, 15) is 0 Å². The molecule has 0 aromatic carbocycles. The van der Waals surface area contributed by atoms with E-state index in [0.717, 1.165) is 5.92 Å². The maximum Gasteiger partial charge on any atom is 0.0157 e. The lowest BCUT2D eigenvalue weighted by Crippen LogP contribution is -2.45. The van der Waals surface area contributed by atoms with Crippen LogP contribution in [-0.2, 0) is 0 Å². The summed E-state index contributed by atoms with van der Waals surface area (Å²) in [6.07, 6.45) is 2.68. The van der Waals surface area contributed by atoms with Crippen molar-refractivity contribution < 1.29 is 0 Å². The highest BCUT2D eigenvalue weighted by Gasteiger charge is 2.77. The molecule has 2 aliphatic carbocycles. The van der Waals surface area contributed by atoms with Crippen molar-refractivity contribution in [3.8, 4) is 0 Å². The van der Waals surface area contributed by atoms with Crippen LogP contribution in [0, 0.1) is 22.2 Å². The van der Waals surface area contributed by atoms with Crippen LogP contribution < -0.4 is 5.73 Å². The second-order valence-corrected chi connectivity index (χ2v) is 7.25. The van der Waals surface area contributed by atoms with Crippen LogP contribution in [0.25, 0.3) is 0 Å². The van der Waals surface area contributed by atoms with Crippen molar-refractivity contribution in [2.45, 2.75) is 59.9 Å². The molecule has 14 heavy (non-hydrogen) atoms. The Balaban J connectivity index is 2.28. The topological polar surface area (TPSA) is 26.0 Å². The van der Waals surface area contributed by atoms with E-state index in [1.165, 1.54) is 12.8 Å². The summed E-state index contributed by atoms with van der Waals surface area (Å²) in [5.74, 6) is 0.822. The van der Waals surface area contributed by atoms with E-state index in [4.69, 9.17) is 5.73 Å². The predicted molar refractivity (Wildman–Crippen MR) is 61.0 cm³/mol. The first-order valence-electron chi connectivity index (χ1n) is 5.86. The zero-order valence-corrected chi connectivity index (χ0v) is 10.6. The molecule has 0 saturated heterocycles. The minimum Gasteiger partial charge on any atom is -0.325 e. The Bertz CT molecular complexity index is 249. The Labute approximate surface area is 88.4 Å². The number of nitrogens with two attached hydrogens (primary N) is 1. The molecule has 0 aliphatic heterocycles. The fourth-order valence-electron chi connectivity index (χ4n) is 4.02. The molecule has 0 aromatic heterocycles. The molecule has 2 rings (SSSR count). The third kappa shape index (κ3) is 0.946. The highest BCUT2D eigenvalue weighted by atomic mass is 14.9. The summed E-state index contributed by atoms with van der Waals surface area (Å²) in [6.45, 7) is 14.1. The maximum absolute atomic E-state index is 6.36. The first-order valence-corrected chi connectivity index (χ1v) is 5.86. The summed E-state index contributed by atoms with van der Waals surface area (Å²) in [6, 6.07) is 0. The van der Waals surface area contributed by atoms with Crippen LogP contribution in [0.1, 0.15) is 54.4 Å². The summed E-state index contributed by atoms with van der Waals surface area (Å²) in [4.78, 5) is 0. The van der Waals surface area contributed by atoms with E-state index in [1.807, 2.05) is 0 Å². The molecule has 0 spiro atoms. The molecule has 0 atom stereocenters. The molecule has 0 aromatic rings. The summed E-state index contributed by atoms with van der Waals surface area (Å²) in [5.41, 5.74) is 7.78. The first kappa shape index (κ1) is 10.5. The molecule has 82 valence electrons. The van der Waals surface area contributed by atoms with E-state index in [1.54, 1.807) is 0 Å². The zero-order chi connectivity index (χ0) is 11.0. The normalized spacial score (nSPS) is 32.8. The molecule has 2 saturated carbocycles. The van der Waals surface area contributed by atoms with Crippen molar-refractivity contribution in [1.82, 2.24) is 0 Å². The van der Waals surface area contributed by atoms with E-state index in [2.05, 4.69) is 41.5 Å². The minimum atomic E-state index is 0.00269. The van der Waals surface area contributed by atoms with Crippen LogP contribution in [0.5, 0.6) is 0 Å². The van der Waals surface area contributed by atoms with Crippen LogP contribution in [0.2, 0.25) is 0 Å². The largest absolute Gasteiger partial charge is 0.325 e. The SMILES string of the molecule is CC(C)(N)C1(C2C(C)(C)C2(C)C)CC1. The summed E-state index contributed by atoms with van der Waals surface area (Å²) < 4.78 is 0. The van der Waals surface area contributed by atoms with Crippen molar-refractivity contribution >= 4 is 0 Å². The third-order valence-corrected chi connectivity index (χ3v) is 5.65. The number of rotatable bonds is 2. The van der Waals surface area contributed by atoms with Gasteiger partial charge in [-0.1, -0.05) is 27.7 Å². The van der Waals surface area contributed by atoms with Gasteiger partial charge in [0.2, 0.25) is 0 Å². The van der Waals surface area contributed by atoms with Gasteiger partial charge in [0.1, 0.15) is 0 Å². The van der Waals surface area contributed by atoms with E-state index < -0.39 is 0 Å². The highest BCUT2D eigenvalue weighted by molar-refractivity contribution is 5.26. The molecule has 2 aliphatic rings. The maximum atomic E-state index is 6.36. The van der Waals surface area contributed by atoms with Crippen molar-refractivity contribution in [1.29, 1.82) is 0 Å². The Morgan fingerprint density at radius 3 is 1.43 bits per heavy atom. The van der Waals surface area contributed by atoms with Gasteiger partial charge in [-0.25, -0.2) is 0 Å². The lowest BCUT2D eigenvalue weighted by molar-refractivity contribution is 0.219. The standard InChI is InChI=1S/C13H25N/c1-10(2)9(11(10,3)4)13(7-8-13)12(5,6)14/h9H,7-8,14H2,1-6H3. The minimum absolute atomic E-state index is 0.00269. The van der Waals surface area contributed by atoms with Crippen LogP contribution >= 0.6 is 0 Å². The van der Waals surface area contributed by atoms with E-state index in [0.29, 0.717) is 16.2 Å². The fraction of sp³-hybridized carbons (Fsp3) is 1.00. The van der Waals surface area contributed by atoms with Crippen LogP contribution in [0.15, 0.2) is 0 Å².